The number of carbonyl (C=O) groups excluding carboxylic acids is 1. The van der Waals surface area contributed by atoms with Gasteiger partial charge in [0.15, 0.2) is 5.78 Å². The summed E-state index contributed by atoms with van der Waals surface area (Å²) in [6, 6.07) is 6.54. The monoisotopic (exact) mass is 283 g/mol. The fourth-order valence-electron chi connectivity index (χ4n) is 4.52. The van der Waals surface area contributed by atoms with Crippen LogP contribution in [0.25, 0.3) is 0 Å². The Bertz CT molecular complexity index is 604. The van der Waals surface area contributed by atoms with Crippen LogP contribution in [0.3, 0.4) is 0 Å². The molecule has 1 saturated carbocycles. The van der Waals surface area contributed by atoms with Crippen molar-refractivity contribution in [2.45, 2.75) is 51.5 Å². The molecule has 0 radical (unpaired) electrons. The summed E-state index contributed by atoms with van der Waals surface area (Å²) >= 11 is 0. The quantitative estimate of drug-likeness (QED) is 0.827. The predicted octanol–water partition coefficient (Wildman–Crippen LogP) is 3.57. The standard InChI is InChI=1S/C19H25NO/c1-12-4-7-15-16(10-12)19(3)8-9-20(11-14-5-6-14)17(13(19)2)18(15)21/h4,7,10,13-14,17H,5-6,8-9,11H2,1-3H3/t13-,17-,19+/m0/s1. The normalized spacial score (nSPS) is 35.7. The Kier molecular flexibility index (Phi) is 2.85. The third-order valence-corrected chi connectivity index (χ3v) is 6.30. The topological polar surface area (TPSA) is 20.3 Å². The van der Waals surface area contributed by atoms with Crippen molar-refractivity contribution in [3.8, 4) is 0 Å². The minimum absolute atomic E-state index is 0.111. The average Bonchev–Trinajstić information content (AvgIpc) is 3.25. The summed E-state index contributed by atoms with van der Waals surface area (Å²) in [5.41, 5.74) is 3.74. The number of likely N-dealkylation sites (tertiary alicyclic amines) is 1. The summed E-state index contributed by atoms with van der Waals surface area (Å²) in [6.07, 6.45) is 3.90. The molecule has 1 aromatic carbocycles. The van der Waals surface area contributed by atoms with Gasteiger partial charge in [-0.3, -0.25) is 9.69 Å². The number of hydrogen-bond donors (Lipinski definition) is 0. The van der Waals surface area contributed by atoms with E-state index in [1.807, 2.05) is 0 Å². The Balaban J connectivity index is 1.79. The molecule has 1 aliphatic heterocycles. The van der Waals surface area contributed by atoms with Crippen molar-refractivity contribution >= 4 is 5.78 Å². The van der Waals surface area contributed by atoms with Gasteiger partial charge in [-0.15, -0.1) is 0 Å². The zero-order valence-electron chi connectivity index (χ0n) is 13.4. The number of aryl methyl sites for hydroxylation is 1. The molecule has 2 fully saturated rings. The SMILES string of the molecule is Cc1ccc2c(c1)[C@]1(C)CCN(CC3CC3)[C@H](C2=O)[C@@H]1C. The van der Waals surface area contributed by atoms with Gasteiger partial charge in [0, 0.05) is 12.1 Å². The third kappa shape index (κ3) is 1.92. The fourth-order valence-corrected chi connectivity index (χ4v) is 4.52. The van der Waals surface area contributed by atoms with Crippen LogP contribution in [0.1, 0.15) is 54.6 Å². The Morgan fingerprint density at radius 2 is 2.10 bits per heavy atom. The predicted molar refractivity (Wildman–Crippen MR) is 84.7 cm³/mol. The Labute approximate surface area is 127 Å². The van der Waals surface area contributed by atoms with Gasteiger partial charge < -0.3 is 0 Å². The van der Waals surface area contributed by atoms with Crippen molar-refractivity contribution in [1.29, 1.82) is 0 Å². The molecule has 3 atom stereocenters. The van der Waals surface area contributed by atoms with Crippen molar-refractivity contribution in [2.24, 2.45) is 11.8 Å². The van der Waals surface area contributed by atoms with Crippen molar-refractivity contribution in [2.75, 3.05) is 13.1 Å². The first-order chi connectivity index (χ1) is 10.0. The molecule has 2 nitrogen and oxygen atoms in total. The van der Waals surface area contributed by atoms with Gasteiger partial charge in [-0.1, -0.05) is 37.6 Å². The van der Waals surface area contributed by atoms with E-state index in [2.05, 4.69) is 43.9 Å². The number of piperidine rings is 1. The molecule has 0 aromatic heterocycles. The van der Waals surface area contributed by atoms with Crippen LogP contribution in [-0.4, -0.2) is 29.8 Å². The van der Waals surface area contributed by atoms with Crippen LogP contribution in [0.15, 0.2) is 18.2 Å². The van der Waals surface area contributed by atoms with E-state index >= 15 is 0 Å². The van der Waals surface area contributed by atoms with E-state index in [4.69, 9.17) is 0 Å². The molecule has 21 heavy (non-hydrogen) atoms. The van der Waals surface area contributed by atoms with Gasteiger partial charge in [0.1, 0.15) is 0 Å². The van der Waals surface area contributed by atoms with Gasteiger partial charge in [0.25, 0.3) is 0 Å². The van der Waals surface area contributed by atoms with E-state index in [9.17, 15) is 4.79 Å². The summed E-state index contributed by atoms with van der Waals surface area (Å²) in [4.78, 5) is 15.6. The molecule has 0 spiro atoms. The first-order valence-corrected chi connectivity index (χ1v) is 8.40. The van der Waals surface area contributed by atoms with E-state index < -0.39 is 0 Å². The molecule has 3 aliphatic rings. The van der Waals surface area contributed by atoms with Crippen LogP contribution >= 0.6 is 0 Å². The molecule has 0 amide bonds. The molecule has 0 N–H and O–H groups in total. The van der Waals surface area contributed by atoms with Crippen molar-refractivity contribution in [1.82, 2.24) is 4.90 Å². The van der Waals surface area contributed by atoms with E-state index in [0.717, 1.165) is 24.6 Å². The second-order valence-corrected chi connectivity index (χ2v) is 7.75. The lowest BCUT2D eigenvalue weighted by molar-refractivity contribution is 0.0266. The van der Waals surface area contributed by atoms with Crippen LogP contribution in [0.5, 0.6) is 0 Å². The second-order valence-electron chi connectivity index (χ2n) is 7.75. The van der Waals surface area contributed by atoms with Gasteiger partial charge in [0.05, 0.1) is 6.04 Å². The van der Waals surface area contributed by atoms with Crippen LogP contribution in [0, 0.1) is 18.8 Å². The molecular weight excluding hydrogens is 258 g/mol. The first-order valence-electron chi connectivity index (χ1n) is 8.40. The lowest BCUT2D eigenvalue weighted by Gasteiger charge is -2.53. The molecule has 2 aliphatic carbocycles. The highest BCUT2D eigenvalue weighted by Crippen LogP contribution is 2.49. The molecule has 2 bridgehead atoms. The zero-order valence-corrected chi connectivity index (χ0v) is 13.4. The van der Waals surface area contributed by atoms with Gasteiger partial charge in [-0.25, -0.2) is 0 Å². The molecule has 4 rings (SSSR count). The number of ketones is 1. The largest absolute Gasteiger partial charge is 0.293 e. The smallest absolute Gasteiger partial charge is 0.180 e. The summed E-state index contributed by atoms with van der Waals surface area (Å²) in [7, 11) is 0. The van der Waals surface area contributed by atoms with Crippen LogP contribution in [0.4, 0.5) is 0 Å². The summed E-state index contributed by atoms with van der Waals surface area (Å²) in [5.74, 6) is 1.65. The number of benzene rings is 1. The summed E-state index contributed by atoms with van der Waals surface area (Å²) < 4.78 is 0. The van der Waals surface area contributed by atoms with Crippen LogP contribution in [-0.2, 0) is 5.41 Å². The van der Waals surface area contributed by atoms with E-state index in [-0.39, 0.29) is 11.5 Å². The molecule has 1 heterocycles. The van der Waals surface area contributed by atoms with Crippen molar-refractivity contribution in [3.63, 3.8) is 0 Å². The number of fused-ring (bicyclic) bond motifs is 4. The Morgan fingerprint density at radius 1 is 1.33 bits per heavy atom. The second kappa shape index (κ2) is 4.42. The number of rotatable bonds is 2. The first kappa shape index (κ1) is 13.5. The molecule has 1 saturated heterocycles. The third-order valence-electron chi connectivity index (χ3n) is 6.30. The van der Waals surface area contributed by atoms with Gasteiger partial charge in [-0.05, 0) is 55.5 Å². The van der Waals surface area contributed by atoms with Crippen molar-refractivity contribution in [3.05, 3.63) is 34.9 Å². The van der Waals surface area contributed by atoms with Gasteiger partial charge >= 0.3 is 0 Å². The van der Waals surface area contributed by atoms with Crippen LogP contribution in [0.2, 0.25) is 0 Å². The van der Waals surface area contributed by atoms with E-state index in [0.29, 0.717) is 11.7 Å². The number of hydrogen-bond acceptors (Lipinski definition) is 2. The number of Topliss-reactive ketones (excluding diaryl/α,β-unsaturated/α-hetero) is 1. The molecular formula is C19H25NO. The van der Waals surface area contributed by atoms with Gasteiger partial charge in [0.2, 0.25) is 0 Å². The highest BCUT2D eigenvalue weighted by molar-refractivity contribution is 6.03. The Morgan fingerprint density at radius 3 is 2.81 bits per heavy atom. The van der Waals surface area contributed by atoms with Crippen molar-refractivity contribution < 1.29 is 4.79 Å². The van der Waals surface area contributed by atoms with E-state index in [1.54, 1.807) is 0 Å². The lowest BCUT2D eigenvalue weighted by atomic mass is 9.58. The minimum Gasteiger partial charge on any atom is -0.293 e. The average molecular weight is 283 g/mol. The Hall–Kier alpha value is -1.15. The molecule has 2 heteroatoms. The summed E-state index contributed by atoms with van der Waals surface area (Å²) in [5, 5.41) is 0. The maximum absolute atomic E-state index is 13.1. The highest BCUT2D eigenvalue weighted by Gasteiger charge is 2.52. The molecule has 1 aromatic rings. The minimum atomic E-state index is 0.111. The maximum atomic E-state index is 13.1. The maximum Gasteiger partial charge on any atom is 0.180 e. The van der Waals surface area contributed by atoms with Gasteiger partial charge in [-0.2, -0.15) is 0 Å². The number of carbonyl (C=O) groups is 1. The molecule has 112 valence electrons. The molecule has 0 unspecified atom stereocenters. The highest BCUT2D eigenvalue weighted by atomic mass is 16.1. The van der Waals surface area contributed by atoms with Crippen LogP contribution < -0.4 is 0 Å². The van der Waals surface area contributed by atoms with E-state index in [1.165, 1.54) is 30.4 Å². The fraction of sp³-hybridized carbons (Fsp3) is 0.632. The lowest BCUT2D eigenvalue weighted by Crippen LogP contribution is -2.61. The zero-order chi connectivity index (χ0) is 14.8. The summed E-state index contributed by atoms with van der Waals surface area (Å²) in [6.45, 7) is 9.03. The number of nitrogens with zero attached hydrogens (tertiary/aromatic N) is 1.